The fraction of sp³-hybridized carbons (Fsp3) is 0.280. The fourth-order valence-electron chi connectivity index (χ4n) is 4.08. The summed E-state index contributed by atoms with van der Waals surface area (Å²) in [5.74, 6) is 1.26. The minimum atomic E-state index is 0.498. The molecule has 0 amide bonds. The van der Waals surface area contributed by atoms with Crippen molar-refractivity contribution >= 4 is 16.6 Å². The topological polar surface area (TPSA) is 82.5 Å². The van der Waals surface area contributed by atoms with Gasteiger partial charge in [0.05, 0.1) is 56.7 Å². The van der Waals surface area contributed by atoms with Gasteiger partial charge in [0.15, 0.2) is 0 Å². The van der Waals surface area contributed by atoms with Crippen molar-refractivity contribution < 1.29 is 14.2 Å². The van der Waals surface area contributed by atoms with Crippen molar-refractivity contribution in [2.45, 2.75) is 6.42 Å². The van der Waals surface area contributed by atoms with Crippen LogP contribution in [0.3, 0.4) is 0 Å². The molecule has 1 fully saturated rings. The largest absolute Gasteiger partial charge is 0.496 e. The Balaban J connectivity index is 1.51. The first-order valence-corrected chi connectivity index (χ1v) is 10.8. The van der Waals surface area contributed by atoms with Crippen LogP contribution in [0.15, 0.2) is 55.1 Å². The lowest BCUT2D eigenvalue weighted by Crippen LogP contribution is -2.36. The molecule has 33 heavy (non-hydrogen) atoms. The number of nitrogens with zero attached hydrogens (tertiary/aromatic N) is 5. The Labute approximate surface area is 192 Å². The number of methoxy groups -OCH3 is 2. The highest BCUT2D eigenvalue weighted by Crippen LogP contribution is 2.35. The van der Waals surface area contributed by atoms with E-state index in [-0.39, 0.29) is 0 Å². The SMILES string of the molecule is COc1cnc(Cc2ccc(OC)c(-c3ncnc4cc(N5CCOCC5)ccc34)c2)cn1. The summed E-state index contributed by atoms with van der Waals surface area (Å²) >= 11 is 0. The number of benzene rings is 2. The summed E-state index contributed by atoms with van der Waals surface area (Å²) in [4.78, 5) is 20.2. The molecule has 2 aromatic carbocycles. The third-order valence-electron chi connectivity index (χ3n) is 5.79. The number of ether oxygens (including phenoxy) is 3. The second-order valence-electron chi connectivity index (χ2n) is 7.78. The fourth-order valence-corrected chi connectivity index (χ4v) is 4.08. The van der Waals surface area contributed by atoms with Gasteiger partial charge in [0, 0.05) is 36.1 Å². The van der Waals surface area contributed by atoms with Crippen LogP contribution in [0, 0.1) is 0 Å². The van der Waals surface area contributed by atoms with Crippen molar-refractivity contribution in [1.29, 1.82) is 0 Å². The van der Waals surface area contributed by atoms with Crippen LogP contribution in [0.5, 0.6) is 11.6 Å². The number of morpholine rings is 1. The molecule has 1 aliphatic rings. The van der Waals surface area contributed by atoms with Crippen molar-refractivity contribution in [3.63, 3.8) is 0 Å². The average Bonchev–Trinajstić information content (AvgIpc) is 2.89. The van der Waals surface area contributed by atoms with Crippen LogP contribution in [0.1, 0.15) is 11.3 Å². The molecule has 3 heterocycles. The third kappa shape index (κ3) is 4.42. The van der Waals surface area contributed by atoms with E-state index >= 15 is 0 Å². The molecule has 0 N–H and O–H groups in total. The highest BCUT2D eigenvalue weighted by atomic mass is 16.5. The van der Waals surface area contributed by atoms with Gasteiger partial charge in [0.2, 0.25) is 5.88 Å². The van der Waals surface area contributed by atoms with E-state index in [2.05, 4.69) is 49.1 Å². The van der Waals surface area contributed by atoms with Gasteiger partial charge in [-0.2, -0.15) is 0 Å². The van der Waals surface area contributed by atoms with Crippen molar-refractivity contribution in [2.24, 2.45) is 0 Å². The highest BCUT2D eigenvalue weighted by molar-refractivity contribution is 5.95. The molecule has 2 aromatic heterocycles. The molecule has 1 saturated heterocycles. The van der Waals surface area contributed by atoms with Crippen LogP contribution in [0.25, 0.3) is 22.2 Å². The van der Waals surface area contributed by atoms with Crippen LogP contribution < -0.4 is 14.4 Å². The van der Waals surface area contributed by atoms with Gasteiger partial charge in [-0.3, -0.25) is 4.98 Å². The predicted molar refractivity (Wildman–Crippen MR) is 126 cm³/mol. The Kier molecular flexibility index (Phi) is 5.99. The molecule has 0 unspecified atom stereocenters. The van der Waals surface area contributed by atoms with Crippen molar-refractivity contribution in [2.75, 3.05) is 45.4 Å². The molecule has 1 aliphatic heterocycles. The molecule has 8 heteroatoms. The van der Waals surface area contributed by atoms with Crippen molar-refractivity contribution in [1.82, 2.24) is 19.9 Å². The number of fused-ring (bicyclic) bond motifs is 1. The number of hydrogen-bond acceptors (Lipinski definition) is 8. The van der Waals surface area contributed by atoms with Crippen molar-refractivity contribution in [3.8, 4) is 22.9 Å². The molecular weight excluding hydrogens is 418 g/mol. The quantitative estimate of drug-likeness (QED) is 0.448. The monoisotopic (exact) mass is 443 g/mol. The molecule has 8 nitrogen and oxygen atoms in total. The smallest absolute Gasteiger partial charge is 0.231 e. The van der Waals surface area contributed by atoms with E-state index < -0.39 is 0 Å². The lowest BCUT2D eigenvalue weighted by molar-refractivity contribution is 0.122. The third-order valence-corrected chi connectivity index (χ3v) is 5.79. The minimum Gasteiger partial charge on any atom is -0.496 e. The second kappa shape index (κ2) is 9.38. The first kappa shape index (κ1) is 21.1. The normalized spacial score (nSPS) is 13.8. The second-order valence-corrected chi connectivity index (χ2v) is 7.78. The summed E-state index contributed by atoms with van der Waals surface area (Å²) in [5, 5.41) is 0.981. The highest BCUT2D eigenvalue weighted by Gasteiger charge is 2.16. The van der Waals surface area contributed by atoms with Gasteiger partial charge < -0.3 is 19.1 Å². The molecule has 0 spiro atoms. The summed E-state index contributed by atoms with van der Waals surface area (Å²) in [6.07, 6.45) is 5.61. The van der Waals surface area contributed by atoms with E-state index in [0.717, 1.165) is 71.2 Å². The maximum Gasteiger partial charge on any atom is 0.231 e. The Morgan fingerprint density at radius 3 is 2.55 bits per heavy atom. The summed E-state index contributed by atoms with van der Waals surface area (Å²) in [6.45, 7) is 3.26. The first-order valence-electron chi connectivity index (χ1n) is 10.8. The van der Waals surface area contributed by atoms with Crippen molar-refractivity contribution in [3.05, 3.63) is 66.4 Å². The van der Waals surface area contributed by atoms with E-state index in [9.17, 15) is 0 Å². The van der Waals surface area contributed by atoms with Gasteiger partial charge in [0.1, 0.15) is 12.1 Å². The Morgan fingerprint density at radius 2 is 1.79 bits per heavy atom. The molecule has 0 saturated carbocycles. The van der Waals surface area contributed by atoms with Gasteiger partial charge in [-0.1, -0.05) is 6.07 Å². The van der Waals surface area contributed by atoms with Crippen LogP contribution in [-0.4, -0.2) is 60.5 Å². The zero-order valence-electron chi connectivity index (χ0n) is 18.7. The predicted octanol–water partition coefficient (Wildman–Crippen LogP) is 3.53. The molecule has 0 bridgehead atoms. The molecule has 5 rings (SSSR count). The average molecular weight is 444 g/mol. The van der Waals surface area contributed by atoms with Gasteiger partial charge in [-0.15, -0.1) is 0 Å². The van der Waals surface area contributed by atoms with E-state index in [4.69, 9.17) is 14.2 Å². The van der Waals surface area contributed by atoms with E-state index in [1.165, 1.54) is 0 Å². The van der Waals surface area contributed by atoms with Crippen LogP contribution in [0.4, 0.5) is 5.69 Å². The summed E-state index contributed by atoms with van der Waals surface area (Å²) in [7, 11) is 3.25. The molecular formula is C25H25N5O3. The maximum atomic E-state index is 5.68. The van der Waals surface area contributed by atoms with Crippen LogP contribution in [-0.2, 0) is 11.2 Å². The zero-order valence-corrected chi connectivity index (χ0v) is 18.7. The lowest BCUT2D eigenvalue weighted by atomic mass is 10.0. The van der Waals surface area contributed by atoms with Crippen LogP contribution >= 0.6 is 0 Å². The number of anilines is 1. The lowest BCUT2D eigenvalue weighted by Gasteiger charge is -2.29. The molecule has 168 valence electrons. The van der Waals surface area contributed by atoms with Crippen LogP contribution in [0.2, 0.25) is 0 Å². The number of aromatic nitrogens is 4. The summed E-state index contributed by atoms with van der Waals surface area (Å²) < 4.78 is 16.3. The minimum absolute atomic E-state index is 0.498. The number of hydrogen-bond donors (Lipinski definition) is 0. The van der Waals surface area contributed by atoms with E-state index in [1.54, 1.807) is 32.9 Å². The van der Waals surface area contributed by atoms with Gasteiger partial charge in [-0.25, -0.2) is 15.0 Å². The molecule has 0 aliphatic carbocycles. The number of rotatable bonds is 6. The van der Waals surface area contributed by atoms with E-state index in [0.29, 0.717) is 12.3 Å². The zero-order chi connectivity index (χ0) is 22.6. The Morgan fingerprint density at radius 1 is 0.909 bits per heavy atom. The standard InChI is InChI=1S/C25H25N5O3/c1-31-23-6-3-17(11-18-14-27-24(32-2)15-26-18)12-21(23)25-20-5-4-19(13-22(20)28-16-29-25)30-7-9-33-10-8-30/h3-6,12-16H,7-11H2,1-2H3. The molecule has 4 aromatic rings. The first-order chi connectivity index (χ1) is 16.2. The molecule has 0 atom stereocenters. The maximum absolute atomic E-state index is 5.68. The Bertz CT molecular complexity index is 1260. The van der Waals surface area contributed by atoms with Gasteiger partial charge in [0.25, 0.3) is 0 Å². The van der Waals surface area contributed by atoms with Gasteiger partial charge >= 0.3 is 0 Å². The molecule has 0 radical (unpaired) electrons. The Hall–Kier alpha value is -3.78. The van der Waals surface area contributed by atoms with Gasteiger partial charge in [-0.05, 0) is 35.9 Å². The van der Waals surface area contributed by atoms with E-state index in [1.807, 2.05) is 12.1 Å². The summed E-state index contributed by atoms with van der Waals surface area (Å²) in [5.41, 5.74) is 5.75. The summed E-state index contributed by atoms with van der Waals surface area (Å²) in [6, 6.07) is 12.4.